The van der Waals surface area contributed by atoms with Crippen molar-refractivity contribution in [3.63, 3.8) is 0 Å². The van der Waals surface area contributed by atoms with Gasteiger partial charge in [-0.2, -0.15) is 12.6 Å². The fourth-order valence-corrected chi connectivity index (χ4v) is 2.52. The highest BCUT2D eigenvalue weighted by molar-refractivity contribution is 7.80. The maximum atomic E-state index is 11.5. The maximum absolute atomic E-state index is 11.5. The number of ketones is 1. The monoisotopic (exact) mass is 354 g/mol. The van der Waals surface area contributed by atoms with Gasteiger partial charge in [0.05, 0.1) is 17.6 Å². The number of benzene rings is 1. The Morgan fingerprint density at radius 3 is 2.58 bits per heavy atom. The Balaban J connectivity index is 2.87. The number of phenols is 1. The van der Waals surface area contributed by atoms with Crippen molar-refractivity contribution in [2.24, 2.45) is 5.92 Å². The van der Waals surface area contributed by atoms with Crippen LogP contribution >= 0.6 is 12.6 Å². The number of carboxylic acids is 1. The van der Waals surface area contributed by atoms with E-state index < -0.39 is 18.0 Å². The summed E-state index contributed by atoms with van der Waals surface area (Å²) in [5.41, 5.74) is 0.578. The highest BCUT2D eigenvalue weighted by Crippen LogP contribution is 2.32. The highest BCUT2D eigenvalue weighted by atomic mass is 32.1. The van der Waals surface area contributed by atoms with E-state index in [4.69, 9.17) is 9.84 Å². The van der Waals surface area contributed by atoms with E-state index in [1.807, 2.05) is 0 Å². The predicted octanol–water partition coefficient (Wildman–Crippen LogP) is 2.08. The molecule has 6 nitrogen and oxygen atoms in total. The molecule has 0 saturated heterocycles. The molecule has 1 unspecified atom stereocenters. The second-order valence-corrected chi connectivity index (χ2v) is 5.77. The minimum Gasteiger partial charge on any atom is -0.507 e. The lowest BCUT2D eigenvalue weighted by Crippen LogP contribution is -2.26. The Hall–Kier alpha value is -1.99. The van der Waals surface area contributed by atoms with Gasteiger partial charge in [-0.15, -0.1) is 6.58 Å². The third-order valence-electron chi connectivity index (χ3n) is 3.52. The Kier molecular flexibility index (Phi) is 7.81. The number of carbonyl (C=O) groups is 2. The molecule has 24 heavy (non-hydrogen) atoms. The number of hydrogen-bond donors (Lipinski definition) is 4. The van der Waals surface area contributed by atoms with Crippen molar-refractivity contribution in [1.82, 2.24) is 0 Å². The average Bonchev–Trinajstić information content (AvgIpc) is 2.52. The number of carbonyl (C=O) groups excluding carboxylic acids is 1. The molecule has 0 aliphatic heterocycles. The summed E-state index contributed by atoms with van der Waals surface area (Å²) in [5, 5.41) is 29.1. The number of aliphatic carboxylic acids is 1. The van der Waals surface area contributed by atoms with Gasteiger partial charge in [-0.3, -0.25) is 9.59 Å². The zero-order chi connectivity index (χ0) is 18.3. The molecule has 0 fully saturated rings. The number of allylic oxidation sites excluding steroid dienone is 1. The first-order valence-corrected chi connectivity index (χ1v) is 8.06. The van der Waals surface area contributed by atoms with Crippen LogP contribution < -0.4 is 4.74 Å². The van der Waals surface area contributed by atoms with Crippen LogP contribution in [-0.4, -0.2) is 45.5 Å². The molecule has 1 aromatic rings. The second kappa shape index (κ2) is 9.34. The summed E-state index contributed by atoms with van der Waals surface area (Å²) < 4.78 is 5.51. The number of rotatable bonds is 10. The molecule has 0 aliphatic carbocycles. The molecule has 7 heteroatoms. The third kappa shape index (κ3) is 5.28. The van der Waals surface area contributed by atoms with Crippen LogP contribution in [0.15, 0.2) is 24.8 Å². The van der Waals surface area contributed by atoms with E-state index in [0.717, 1.165) is 0 Å². The molecule has 0 bridgehead atoms. The first-order valence-electron chi connectivity index (χ1n) is 7.43. The van der Waals surface area contributed by atoms with Gasteiger partial charge in [-0.05, 0) is 31.9 Å². The van der Waals surface area contributed by atoms with Crippen LogP contribution in [0.2, 0.25) is 0 Å². The number of phenolic OH excluding ortho intramolecular Hbond substituents is 1. The standard InChI is InChI=1S/C17H22O6S/c1-3-4-14-15(6-5-13(10(2)18)16(14)20)23-8-12(19)7-11(9-24)17(21)22/h3,5-6,11-12,19-20,24H,1,4,7-9H2,2H3,(H,21,22)/t11-,12?/m1/s1. The maximum Gasteiger partial charge on any atom is 0.307 e. The van der Waals surface area contributed by atoms with Gasteiger partial charge in [0.1, 0.15) is 18.1 Å². The zero-order valence-corrected chi connectivity index (χ0v) is 14.3. The minimum absolute atomic E-state index is 0.00708. The van der Waals surface area contributed by atoms with Crippen LogP contribution in [-0.2, 0) is 11.2 Å². The second-order valence-electron chi connectivity index (χ2n) is 5.41. The molecule has 0 radical (unpaired) electrons. The molecule has 0 amide bonds. The molecule has 0 heterocycles. The Morgan fingerprint density at radius 1 is 1.42 bits per heavy atom. The molecule has 1 aromatic carbocycles. The number of Topliss-reactive ketones (excluding diaryl/α,β-unsaturated/α-hetero) is 1. The fourth-order valence-electron chi connectivity index (χ4n) is 2.21. The van der Waals surface area contributed by atoms with Crippen molar-refractivity contribution in [2.45, 2.75) is 25.9 Å². The molecule has 3 N–H and O–H groups in total. The Labute approximate surface area is 146 Å². The SMILES string of the molecule is C=CCc1c(OCC(O)C[C@H](CS)C(=O)O)ccc(C(C)=O)c1O. The van der Waals surface area contributed by atoms with Crippen molar-refractivity contribution in [2.75, 3.05) is 12.4 Å². The number of ether oxygens (including phenoxy) is 1. The van der Waals surface area contributed by atoms with Crippen LogP contribution in [0.3, 0.4) is 0 Å². The Bertz CT molecular complexity index is 613. The lowest BCUT2D eigenvalue weighted by molar-refractivity contribution is -0.142. The summed E-state index contributed by atoms with van der Waals surface area (Å²) in [4.78, 5) is 22.4. The van der Waals surface area contributed by atoms with Gasteiger partial charge < -0.3 is 20.1 Å². The first kappa shape index (κ1) is 20.1. The number of carboxylic acid groups (broad SMARTS) is 1. The van der Waals surface area contributed by atoms with Gasteiger partial charge in [0.15, 0.2) is 5.78 Å². The van der Waals surface area contributed by atoms with Crippen molar-refractivity contribution >= 4 is 24.4 Å². The number of aromatic hydroxyl groups is 1. The summed E-state index contributed by atoms with van der Waals surface area (Å²) in [6.45, 7) is 4.81. The summed E-state index contributed by atoms with van der Waals surface area (Å²) in [6.07, 6.45) is 0.855. The summed E-state index contributed by atoms with van der Waals surface area (Å²) in [6, 6.07) is 2.98. The van der Waals surface area contributed by atoms with Crippen LogP contribution in [0.5, 0.6) is 11.5 Å². The van der Waals surface area contributed by atoms with Gasteiger partial charge in [-0.25, -0.2) is 0 Å². The first-order chi connectivity index (χ1) is 11.3. The number of aliphatic hydroxyl groups excluding tert-OH is 1. The van der Waals surface area contributed by atoms with E-state index in [2.05, 4.69) is 19.2 Å². The van der Waals surface area contributed by atoms with Crippen molar-refractivity contribution in [3.8, 4) is 11.5 Å². The van der Waals surface area contributed by atoms with E-state index in [0.29, 0.717) is 11.3 Å². The van der Waals surface area contributed by atoms with Gasteiger partial charge in [0.25, 0.3) is 0 Å². The summed E-state index contributed by atoms with van der Waals surface area (Å²) >= 11 is 3.95. The van der Waals surface area contributed by atoms with Crippen molar-refractivity contribution in [3.05, 3.63) is 35.9 Å². The van der Waals surface area contributed by atoms with Crippen molar-refractivity contribution < 1.29 is 29.6 Å². The normalized spacial score (nSPS) is 13.1. The van der Waals surface area contributed by atoms with E-state index in [1.54, 1.807) is 6.08 Å². The van der Waals surface area contributed by atoms with Crippen molar-refractivity contribution in [1.29, 1.82) is 0 Å². The predicted molar refractivity (Wildman–Crippen MR) is 93.1 cm³/mol. The van der Waals surface area contributed by atoms with Gasteiger partial charge in [-0.1, -0.05) is 6.08 Å². The Morgan fingerprint density at radius 2 is 2.08 bits per heavy atom. The molecule has 132 valence electrons. The van der Waals surface area contributed by atoms with Gasteiger partial charge in [0.2, 0.25) is 0 Å². The smallest absolute Gasteiger partial charge is 0.307 e. The molecule has 0 aliphatic rings. The van der Waals surface area contributed by atoms with E-state index in [1.165, 1.54) is 19.1 Å². The molecule has 2 atom stereocenters. The lowest BCUT2D eigenvalue weighted by atomic mass is 10.0. The molecule has 0 saturated carbocycles. The quantitative estimate of drug-likeness (QED) is 0.291. The van der Waals surface area contributed by atoms with Crippen LogP contribution in [0.1, 0.15) is 29.3 Å². The molecular weight excluding hydrogens is 332 g/mol. The van der Waals surface area contributed by atoms with Crippen LogP contribution in [0, 0.1) is 5.92 Å². The average molecular weight is 354 g/mol. The summed E-state index contributed by atoms with van der Waals surface area (Å²) in [7, 11) is 0. The molecule has 1 rings (SSSR count). The highest BCUT2D eigenvalue weighted by Gasteiger charge is 2.21. The zero-order valence-electron chi connectivity index (χ0n) is 13.4. The molecular formula is C17H22O6S. The lowest BCUT2D eigenvalue weighted by Gasteiger charge is -2.18. The fraction of sp³-hybridized carbons (Fsp3) is 0.412. The van der Waals surface area contributed by atoms with Crippen LogP contribution in [0.4, 0.5) is 0 Å². The van der Waals surface area contributed by atoms with Crippen LogP contribution in [0.25, 0.3) is 0 Å². The number of hydrogen-bond acceptors (Lipinski definition) is 6. The largest absolute Gasteiger partial charge is 0.507 e. The minimum atomic E-state index is -1.03. The number of thiol groups is 1. The van der Waals surface area contributed by atoms with E-state index in [-0.39, 0.29) is 42.3 Å². The molecule has 0 aromatic heterocycles. The summed E-state index contributed by atoms with van der Waals surface area (Å²) in [5.74, 6) is -1.82. The topological polar surface area (TPSA) is 104 Å². The van der Waals surface area contributed by atoms with Gasteiger partial charge >= 0.3 is 5.97 Å². The third-order valence-corrected chi connectivity index (χ3v) is 3.97. The van der Waals surface area contributed by atoms with Gasteiger partial charge in [0, 0.05) is 11.3 Å². The van der Waals surface area contributed by atoms with E-state index in [9.17, 15) is 19.8 Å². The van der Waals surface area contributed by atoms with E-state index >= 15 is 0 Å². The number of aliphatic hydroxyl groups is 1. The molecule has 0 spiro atoms.